The second-order valence-corrected chi connectivity index (χ2v) is 10.0. The highest BCUT2D eigenvalue weighted by Gasteiger charge is 2.33. The number of amides is 1. The summed E-state index contributed by atoms with van der Waals surface area (Å²) in [5, 5.41) is 15.6. The van der Waals surface area contributed by atoms with Crippen LogP contribution < -0.4 is 4.90 Å². The van der Waals surface area contributed by atoms with Crippen LogP contribution >= 0.6 is 22.7 Å². The molecule has 0 N–H and O–H groups in total. The van der Waals surface area contributed by atoms with E-state index in [0.717, 1.165) is 13.0 Å². The summed E-state index contributed by atoms with van der Waals surface area (Å²) in [5.74, 6) is 0.132. The number of nitro groups is 1. The molecule has 0 bridgehead atoms. The van der Waals surface area contributed by atoms with Crippen LogP contribution in [0.3, 0.4) is 0 Å². The average molecular weight is 469 g/mol. The van der Waals surface area contributed by atoms with Crippen molar-refractivity contribution in [1.82, 2.24) is 9.80 Å². The molecule has 166 valence electrons. The van der Waals surface area contributed by atoms with Crippen molar-refractivity contribution in [2.45, 2.75) is 12.5 Å². The first-order chi connectivity index (χ1) is 15.6. The van der Waals surface area contributed by atoms with Gasteiger partial charge in [0.25, 0.3) is 5.69 Å². The van der Waals surface area contributed by atoms with Gasteiger partial charge < -0.3 is 9.80 Å². The van der Waals surface area contributed by atoms with Gasteiger partial charge in [-0.3, -0.25) is 19.8 Å². The standard InChI is InChI=1S/C23H24N4O3S2/c28-22(25-12-10-24(11-13-25)18-4-1-2-5-19(18)27(29)30)16-26-9-7-20-17(8-15-32-20)23(26)21-6-3-14-31-21/h1-6,8,14-15,23H,7,9-13,16H2. The Morgan fingerprint density at radius 2 is 1.81 bits per heavy atom. The van der Waals surface area contributed by atoms with Gasteiger partial charge in [0, 0.05) is 48.5 Å². The number of anilines is 1. The number of para-hydroxylation sites is 2. The summed E-state index contributed by atoms with van der Waals surface area (Å²) in [5.41, 5.74) is 2.08. The number of fused-ring (bicyclic) bond motifs is 1. The lowest BCUT2D eigenvalue weighted by Gasteiger charge is -2.39. The van der Waals surface area contributed by atoms with E-state index in [1.54, 1.807) is 34.8 Å². The van der Waals surface area contributed by atoms with Crippen LogP contribution in [0.25, 0.3) is 0 Å². The molecule has 2 aliphatic heterocycles. The summed E-state index contributed by atoms with van der Waals surface area (Å²) >= 11 is 3.55. The van der Waals surface area contributed by atoms with Crippen molar-refractivity contribution < 1.29 is 9.72 Å². The number of benzene rings is 1. The second-order valence-electron chi connectivity index (χ2n) is 8.05. The van der Waals surface area contributed by atoms with E-state index in [0.29, 0.717) is 38.4 Å². The van der Waals surface area contributed by atoms with Gasteiger partial charge in [0.05, 0.1) is 17.5 Å². The van der Waals surface area contributed by atoms with Crippen molar-refractivity contribution in [3.63, 3.8) is 0 Å². The number of hydrogen-bond acceptors (Lipinski definition) is 7. The van der Waals surface area contributed by atoms with Crippen molar-refractivity contribution in [3.8, 4) is 0 Å². The smallest absolute Gasteiger partial charge is 0.292 e. The molecule has 1 fully saturated rings. The normalized spacial score (nSPS) is 19.1. The van der Waals surface area contributed by atoms with Crippen LogP contribution in [-0.2, 0) is 11.2 Å². The highest BCUT2D eigenvalue weighted by Crippen LogP contribution is 2.39. The minimum atomic E-state index is -0.341. The zero-order valence-corrected chi connectivity index (χ0v) is 19.2. The highest BCUT2D eigenvalue weighted by molar-refractivity contribution is 7.10. The van der Waals surface area contributed by atoms with Crippen LogP contribution in [0.2, 0.25) is 0 Å². The van der Waals surface area contributed by atoms with Gasteiger partial charge in [0.2, 0.25) is 5.91 Å². The number of thiophene rings is 2. The lowest BCUT2D eigenvalue weighted by atomic mass is 9.98. The zero-order chi connectivity index (χ0) is 22.1. The van der Waals surface area contributed by atoms with E-state index in [-0.39, 0.29) is 22.6 Å². The molecule has 0 saturated carbocycles. The SMILES string of the molecule is O=C(CN1CCc2sccc2C1c1cccs1)N1CCN(c2ccccc2[N+](=O)[O-])CC1. The van der Waals surface area contributed by atoms with Crippen LogP contribution in [0.5, 0.6) is 0 Å². The second kappa shape index (κ2) is 9.01. The van der Waals surface area contributed by atoms with E-state index in [9.17, 15) is 14.9 Å². The fraction of sp³-hybridized carbons (Fsp3) is 0.348. The van der Waals surface area contributed by atoms with E-state index in [4.69, 9.17) is 0 Å². The average Bonchev–Trinajstić information content (AvgIpc) is 3.51. The molecule has 1 amide bonds. The fourth-order valence-electron chi connectivity index (χ4n) is 4.68. The third-order valence-electron chi connectivity index (χ3n) is 6.27. The first kappa shape index (κ1) is 21.1. The molecule has 0 aliphatic carbocycles. The van der Waals surface area contributed by atoms with Crippen LogP contribution in [0.1, 0.15) is 21.4 Å². The molecule has 7 nitrogen and oxygen atoms in total. The summed E-state index contributed by atoms with van der Waals surface area (Å²) in [6, 6.07) is 13.4. The largest absolute Gasteiger partial charge is 0.362 e. The molecule has 32 heavy (non-hydrogen) atoms. The molecule has 0 radical (unpaired) electrons. The number of piperazine rings is 1. The Labute approximate surface area is 194 Å². The van der Waals surface area contributed by atoms with Gasteiger partial charge in [-0.05, 0) is 40.9 Å². The Kier molecular flexibility index (Phi) is 5.95. The molecular weight excluding hydrogens is 444 g/mol. The van der Waals surface area contributed by atoms with Crippen LogP contribution in [0, 0.1) is 10.1 Å². The van der Waals surface area contributed by atoms with E-state index >= 15 is 0 Å². The molecular formula is C23H24N4O3S2. The molecule has 2 aromatic heterocycles. The molecule has 1 unspecified atom stereocenters. The van der Waals surface area contributed by atoms with Gasteiger partial charge in [-0.1, -0.05) is 18.2 Å². The number of carbonyl (C=O) groups is 1. The molecule has 1 atom stereocenters. The minimum absolute atomic E-state index is 0.117. The number of hydrogen-bond donors (Lipinski definition) is 0. The van der Waals surface area contributed by atoms with Crippen molar-refractivity contribution in [2.24, 2.45) is 0 Å². The van der Waals surface area contributed by atoms with Crippen molar-refractivity contribution >= 4 is 40.0 Å². The highest BCUT2D eigenvalue weighted by atomic mass is 32.1. The Morgan fingerprint density at radius 1 is 1.00 bits per heavy atom. The summed E-state index contributed by atoms with van der Waals surface area (Å²) in [6.07, 6.45) is 0.980. The maximum atomic E-state index is 13.2. The number of nitrogens with zero attached hydrogens (tertiary/aromatic N) is 4. The van der Waals surface area contributed by atoms with Gasteiger partial charge in [-0.15, -0.1) is 22.7 Å². The first-order valence-electron chi connectivity index (χ1n) is 10.7. The summed E-state index contributed by atoms with van der Waals surface area (Å²) in [4.78, 5) is 33.2. The van der Waals surface area contributed by atoms with Crippen LogP contribution in [0.4, 0.5) is 11.4 Å². The van der Waals surface area contributed by atoms with E-state index in [1.807, 2.05) is 15.9 Å². The molecule has 3 aromatic rings. The lowest BCUT2D eigenvalue weighted by molar-refractivity contribution is -0.384. The summed E-state index contributed by atoms with van der Waals surface area (Å²) in [6.45, 7) is 3.61. The van der Waals surface area contributed by atoms with Crippen molar-refractivity contribution in [3.05, 3.63) is 78.7 Å². The number of nitro benzene ring substituents is 1. The van der Waals surface area contributed by atoms with Gasteiger partial charge in [0.15, 0.2) is 0 Å². The predicted octanol–water partition coefficient (Wildman–Crippen LogP) is 4.01. The molecule has 1 aromatic carbocycles. The van der Waals surface area contributed by atoms with E-state index in [1.165, 1.54) is 21.4 Å². The molecule has 9 heteroatoms. The molecule has 1 saturated heterocycles. The molecule has 5 rings (SSSR count). The van der Waals surface area contributed by atoms with Gasteiger partial charge >= 0.3 is 0 Å². The van der Waals surface area contributed by atoms with Crippen LogP contribution in [0.15, 0.2) is 53.2 Å². The first-order valence-corrected chi connectivity index (χ1v) is 12.5. The third kappa shape index (κ3) is 4.03. The minimum Gasteiger partial charge on any atom is -0.362 e. The van der Waals surface area contributed by atoms with E-state index < -0.39 is 0 Å². The lowest BCUT2D eigenvalue weighted by Crippen LogP contribution is -2.52. The monoisotopic (exact) mass is 468 g/mol. The van der Waals surface area contributed by atoms with Crippen molar-refractivity contribution in [2.75, 3.05) is 44.2 Å². The molecule has 4 heterocycles. The fourth-order valence-corrected chi connectivity index (χ4v) is 6.46. The molecule has 2 aliphatic rings. The Hall–Kier alpha value is -2.75. The Bertz CT molecular complexity index is 1110. The number of carbonyl (C=O) groups excluding carboxylic acids is 1. The predicted molar refractivity (Wildman–Crippen MR) is 128 cm³/mol. The van der Waals surface area contributed by atoms with Gasteiger partial charge in [-0.25, -0.2) is 0 Å². The van der Waals surface area contributed by atoms with E-state index in [2.05, 4.69) is 33.9 Å². The zero-order valence-electron chi connectivity index (χ0n) is 17.6. The topological polar surface area (TPSA) is 69.9 Å². The van der Waals surface area contributed by atoms with Gasteiger partial charge in [-0.2, -0.15) is 0 Å². The quantitative estimate of drug-likeness (QED) is 0.418. The maximum Gasteiger partial charge on any atom is 0.292 e. The molecule has 0 spiro atoms. The summed E-state index contributed by atoms with van der Waals surface area (Å²) < 4.78 is 0. The van der Waals surface area contributed by atoms with Crippen molar-refractivity contribution in [1.29, 1.82) is 0 Å². The maximum absolute atomic E-state index is 13.2. The van der Waals surface area contributed by atoms with Crippen LogP contribution in [-0.4, -0.2) is 59.9 Å². The number of rotatable bonds is 5. The Morgan fingerprint density at radius 3 is 2.56 bits per heavy atom. The summed E-state index contributed by atoms with van der Waals surface area (Å²) in [7, 11) is 0. The van der Waals surface area contributed by atoms with Gasteiger partial charge in [0.1, 0.15) is 5.69 Å². The Balaban J connectivity index is 1.26. The third-order valence-corrected chi connectivity index (χ3v) is 8.19.